The lowest BCUT2D eigenvalue weighted by Crippen LogP contribution is -1.90. The molecule has 1 saturated heterocycles. The second-order valence-electron chi connectivity index (χ2n) is 2.95. The summed E-state index contributed by atoms with van der Waals surface area (Å²) in [6, 6.07) is 0. The zero-order valence-electron chi connectivity index (χ0n) is 6.48. The maximum absolute atomic E-state index is 2.33. The molecule has 2 unspecified atom stereocenters. The highest BCUT2D eigenvalue weighted by atomic mass is 31.1. The summed E-state index contributed by atoms with van der Waals surface area (Å²) in [6.07, 6.45) is 5.89. The standard InChI is InChI=1S/C8H17P/c1-3-7-5-6-8(4-2)9-7/h7-9H,3-6H2,1-2H3. The molecule has 0 aromatic carbocycles. The molecule has 1 aliphatic rings. The van der Waals surface area contributed by atoms with Gasteiger partial charge in [-0.25, -0.2) is 0 Å². The molecule has 0 aliphatic carbocycles. The second kappa shape index (κ2) is 3.56. The molecule has 0 amide bonds. The van der Waals surface area contributed by atoms with E-state index in [9.17, 15) is 0 Å². The fourth-order valence-corrected chi connectivity index (χ4v) is 3.35. The van der Waals surface area contributed by atoms with Gasteiger partial charge in [-0.15, -0.1) is 8.58 Å². The minimum Gasteiger partial charge on any atom is -0.116 e. The minimum atomic E-state index is 1.11. The predicted molar refractivity (Wildman–Crippen MR) is 45.7 cm³/mol. The molecule has 1 heterocycles. The van der Waals surface area contributed by atoms with Crippen LogP contribution in [0.4, 0.5) is 0 Å². The summed E-state index contributed by atoms with van der Waals surface area (Å²) < 4.78 is 0. The Labute approximate surface area is 60.2 Å². The van der Waals surface area contributed by atoms with Crippen LogP contribution in [-0.2, 0) is 0 Å². The van der Waals surface area contributed by atoms with Gasteiger partial charge in [0.2, 0.25) is 0 Å². The van der Waals surface area contributed by atoms with Crippen LogP contribution in [0.15, 0.2) is 0 Å². The average Bonchev–Trinajstić information content (AvgIpc) is 2.34. The second-order valence-corrected chi connectivity index (χ2v) is 4.92. The summed E-state index contributed by atoms with van der Waals surface area (Å²) in [6.45, 7) is 4.66. The van der Waals surface area contributed by atoms with E-state index in [0.29, 0.717) is 0 Å². The van der Waals surface area contributed by atoms with Crippen molar-refractivity contribution >= 4 is 8.58 Å². The lowest BCUT2D eigenvalue weighted by Gasteiger charge is -2.05. The number of rotatable bonds is 2. The molecule has 0 bridgehead atoms. The maximum Gasteiger partial charge on any atom is -0.0237 e. The van der Waals surface area contributed by atoms with Crippen LogP contribution >= 0.6 is 8.58 Å². The third-order valence-electron chi connectivity index (χ3n) is 2.32. The van der Waals surface area contributed by atoms with Gasteiger partial charge in [-0.3, -0.25) is 0 Å². The largest absolute Gasteiger partial charge is 0.116 e. The van der Waals surface area contributed by atoms with Crippen LogP contribution in [0.1, 0.15) is 39.5 Å². The van der Waals surface area contributed by atoms with Crippen molar-refractivity contribution in [3.05, 3.63) is 0 Å². The Bertz CT molecular complexity index is 70.6. The van der Waals surface area contributed by atoms with Crippen LogP contribution in [-0.4, -0.2) is 11.3 Å². The third kappa shape index (κ3) is 1.93. The van der Waals surface area contributed by atoms with E-state index in [4.69, 9.17) is 0 Å². The Kier molecular flexibility index (Phi) is 2.98. The third-order valence-corrected chi connectivity index (χ3v) is 4.66. The molecule has 1 rings (SSSR count). The van der Waals surface area contributed by atoms with E-state index in [0.717, 1.165) is 11.3 Å². The number of hydrogen-bond acceptors (Lipinski definition) is 0. The van der Waals surface area contributed by atoms with Crippen molar-refractivity contribution in [2.75, 3.05) is 0 Å². The van der Waals surface area contributed by atoms with Gasteiger partial charge in [0, 0.05) is 0 Å². The summed E-state index contributed by atoms with van der Waals surface area (Å²) in [5, 5.41) is 0. The average molecular weight is 144 g/mol. The summed E-state index contributed by atoms with van der Waals surface area (Å²) in [5.41, 5.74) is 2.21. The molecule has 1 fully saturated rings. The molecule has 0 N–H and O–H groups in total. The van der Waals surface area contributed by atoms with Crippen LogP contribution in [0.25, 0.3) is 0 Å². The smallest absolute Gasteiger partial charge is 0.0237 e. The Morgan fingerprint density at radius 3 is 1.78 bits per heavy atom. The molecule has 1 heteroatoms. The lowest BCUT2D eigenvalue weighted by molar-refractivity contribution is 0.696. The first-order valence-electron chi connectivity index (χ1n) is 4.12. The van der Waals surface area contributed by atoms with E-state index in [1.54, 1.807) is 0 Å². The SMILES string of the molecule is CCC1CCC(CC)P1. The van der Waals surface area contributed by atoms with Crippen molar-refractivity contribution in [3.63, 3.8) is 0 Å². The molecule has 54 valence electrons. The van der Waals surface area contributed by atoms with Crippen molar-refractivity contribution in [2.45, 2.75) is 50.8 Å². The van der Waals surface area contributed by atoms with Crippen LogP contribution in [0.2, 0.25) is 0 Å². The zero-order valence-corrected chi connectivity index (χ0v) is 7.48. The van der Waals surface area contributed by atoms with Crippen LogP contribution < -0.4 is 0 Å². The molecule has 0 aromatic heterocycles. The van der Waals surface area contributed by atoms with Crippen LogP contribution in [0, 0.1) is 0 Å². The van der Waals surface area contributed by atoms with Gasteiger partial charge in [-0.05, 0) is 37.0 Å². The van der Waals surface area contributed by atoms with Crippen molar-refractivity contribution in [3.8, 4) is 0 Å². The van der Waals surface area contributed by atoms with Gasteiger partial charge in [0.25, 0.3) is 0 Å². The van der Waals surface area contributed by atoms with Gasteiger partial charge >= 0.3 is 0 Å². The molecule has 1 aliphatic heterocycles. The lowest BCUT2D eigenvalue weighted by atomic mass is 10.1. The van der Waals surface area contributed by atoms with E-state index < -0.39 is 0 Å². The molecule has 0 radical (unpaired) electrons. The van der Waals surface area contributed by atoms with Crippen molar-refractivity contribution < 1.29 is 0 Å². The van der Waals surface area contributed by atoms with Gasteiger partial charge < -0.3 is 0 Å². The quantitative estimate of drug-likeness (QED) is 0.522. The van der Waals surface area contributed by atoms with Crippen molar-refractivity contribution in [1.29, 1.82) is 0 Å². The predicted octanol–water partition coefficient (Wildman–Crippen LogP) is 3.02. The van der Waals surface area contributed by atoms with Crippen LogP contribution in [0.3, 0.4) is 0 Å². The normalized spacial score (nSPS) is 38.0. The maximum atomic E-state index is 2.33. The van der Waals surface area contributed by atoms with Crippen LogP contribution in [0.5, 0.6) is 0 Å². The van der Waals surface area contributed by atoms with Gasteiger partial charge in [-0.2, -0.15) is 0 Å². The fraction of sp³-hybridized carbons (Fsp3) is 1.00. The first-order valence-corrected chi connectivity index (χ1v) is 5.28. The Morgan fingerprint density at radius 2 is 1.56 bits per heavy atom. The van der Waals surface area contributed by atoms with E-state index in [1.165, 1.54) is 34.3 Å². The first kappa shape index (κ1) is 7.54. The molecule has 2 atom stereocenters. The Hall–Kier alpha value is 0.430. The minimum absolute atomic E-state index is 1.11. The van der Waals surface area contributed by atoms with Gasteiger partial charge in [0.05, 0.1) is 0 Å². The van der Waals surface area contributed by atoms with Crippen molar-refractivity contribution in [2.24, 2.45) is 0 Å². The summed E-state index contributed by atoms with van der Waals surface area (Å²) in [5.74, 6) is 0. The van der Waals surface area contributed by atoms with E-state index in [-0.39, 0.29) is 0 Å². The summed E-state index contributed by atoms with van der Waals surface area (Å²) >= 11 is 0. The van der Waals surface area contributed by atoms with Crippen molar-refractivity contribution in [1.82, 2.24) is 0 Å². The molecular formula is C8H17P. The highest BCUT2D eigenvalue weighted by Gasteiger charge is 2.20. The van der Waals surface area contributed by atoms with E-state index >= 15 is 0 Å². The van der Waals surface area contributed by atoms with Gasteiger partial charge in [-0.1, -0.05) is 13.8 Å². The highest BCUT2D eigenvalue weighted by molar-refractivity contribution is 7.40. The topological polar surface area (TPSA) is 0 Å². The molecule has 0 aromatic rings. The Balaban J connectivity index is 2.20. The van der Waals surface area contributed by atoms with E-state index in [2.05, 4.69) is 13.8 Å². The van der Waals surface area contributed by atoms with Gasteiger partial charge in [0.1, 0.15) is 0 Å². The van der Waals surface area contributed by atoms with Gasteiger partial charge in [0.15, 0.2) is 0 Å². The number of hydrogen-bond donors (Lipinski definition) is 0. The zero-order chi connectivity index (χ0) is 6.69. The molecular weight excluding hydrogens is 127 g/mol. The first-order chi connectivity index (χ1) is 4.36. The summed E-state index contributed by atoms with van der Waals surface area (Å²) in [4.78, 5) is 0. The molecule has 0 nitrogen and oxygen atoms in total. The molecule has 0 spiro atoms. The fourth-order valence-electron chi connectivity index (χ4n) is 1.55. The molecule has 0 saturated carbocycles. The Morgan fingerprint density at radius 1 is 1.11 bits per heavy atom. The highest BCUT2D eigenvalue weighted by Crippen LogP contribution is 2.42. The molecule has 9 heavy (non-hydrogen) atoms. The monoisotopic (exact) mass is 144 g/mol. The van der Waals surface area contributed by atoms with E-state index in [1.807, 2.05) is 0 Å². The summed E-state index contributed by atoms with van der Waals surface area (Å²) in [7, 11) is 1.29.